The summed E-state index contributed by atoms with van der Waals surface area (Å²) in [4.78, 5) is 31.5. The Hall–Kier alpha value is -1.50. The molecule has 0 aromatic rings. The van der Waals surface area contributed by atoms with Crippen LogP contribution in [0.15, 0.2) is 12.2 Å². The molecule has 0 aromatic carbocycles. The van der Waals surface area contributed by atoms with Gasteiger partial charge in [0.05, 0.1) is 0 Å². The van der Waals surface area contributed by atoms with Gasteiger partial charge in [-0.05, 0) is 6.26 Å². The predicted octanol–water partition coefficient (Wildman–Crippen LogP) is -0.0134. The molecule has 0 radical (unpaired) electrons. The van der Waals surface area contributed by atoms with Gasteiger partial charge < -0.3 is 14.9 Å². The van der Waals surface area contributed by atoms with E-state index in [0.717, 1.165) is 0 Å². The van der Waals surface area contributed by atoms with Crippen LogP contribution in [0.5, 0.6) is 0 Å². The SMILES string of the molecule is CSCC(OC(=O)/C=C/C(=O)O)C(=O)O. The molecule has 0 rings (SSSR count). The maximum absolute atomic E-state index is 10.9. The monoisotopic (exact) mass is 234 g/mol. The number of esters is 1. The Morgan fingerprint density at radius 2 is 1.93 bits per heavy atom. The Kier molecular flexibility index (Phi) is 6.19. The van der Waals surface area contributed by atoms with Gasteiger partial charge in [-0.15, -0.1) is 0 Å². The van der Waals surface area contributed by atoms with Crippen LogP contribution in [0, 0.1) is 0 Å². The molecule has 0 aromatic heterocycles. The molecule has 0 spiro atoms. The molecule has 0 aliphatic rings. The van der Waals surface area contributed by atoms with Crippen LogP contribution in [0.2, 0.25) is 0 Å². The van der Waals surface area contributed by atoms with Crippen molar-refractivity contribution in [1.82, 2.24) is 0 Å². The first-order chi connectivity index (χ1) is 6.97. The average molecular weight is 234 g/mol. The van der Waals surface area contributed by atoms with E-state index in [1.54, 1.807) is 6.26 Å². The fraction of sp³-hybridized carbons (Fsp3) is 0.375. The zero-order chi connectivity index (χ0) is 11.8. The molecule has 0 aliphatic carbocycles. The number of carbonyl (C=O) groups is 3. The van der Waals surface area contributed by atoms with Crippen LogP contribution in [-0.4, -0.2) is 46.2 Å². The number of carboxylic acids is 2. The van der Waals surface area contributed by atoms with E-state index in [4.69, 9.17) is 10.2 Å². The predicted molar refractivity (Wildman–Crippen MR) is 52.7 cm³/mol. The van der Waals surface area contributed by atoms with Gasteiger partial charge in [-0.25, -0.2) is 14.4 Å². The van der Waals surface area contributed by atoms with E-state index < -0.39 is 24.0 Å². The first kappa shape index (κ1) is 13.5. The van der Waals surface area contributed by atoms with Crippen molar-refractivity contribution in [2.75, 3.05) is 12.0 Å². The Morgan fingerprint density at radius 1 is 1.33 bits per heavy atom. The smallest absolute Gasteiger partial charge is 0.345 e. The van der Waals surface area contributed by atoms with Crippen LogP contribution < -0.4 is 0 Å². The lowest BCUT2D eigenvalue weighted by Crippen LogP contribution is -2.28. The molecule has 0 saturated heterocycles. The van der Waals surface area contributed by atoms with E-state index in [-0.39, 0.29) is 5.75 Å². The zero-order valence-corrected chi connectivity index (χ0v) is 8.69. The summed E-state index contributed by atoms with van der Waals surface area (Å²) in [5, 5.41) is 16.8. The van der Waals surface area contributed by atoms with E-state index >= 15 is 0 Å². The summed E-state index contributed by atoms with van der Waals surface area (Å²) in [6, 6.07) is 0. The number of carbonyl (C=O) groups excluding carboxylic acids is 1. The number of carboxylic acid groups (broad SMARTS) is 2. The highest BCUT2D eigenvalue weighted by Crippen LogP contribution is 2.03. The fourth-order valence-electron chi connectivity index (χ4n) is 0.626. The van der Waals surface area contributed by atoms with E-state index in [2.05, 4.69) is 4.74 Å². The van der Waals surface area contributed by atoms with E-state index in [0.29, 0.717) is 12.2 Å². The molecular weight excluding hydrogens is 224 g/mol. The van der Waals surface area contributed by atoms with Gasteiger partial charge >= 0.3 is 17.9 Å². The molecule has 0 amide bonds. The lowest BCUT2D eigenvalue weighted by atomic mass is 10.4. The molecule has 2 N–H and O–H groups in total. The second-order valence-electron chi connectivity index (χ2n) is 2.39. The zero-order valence-electron chi connectivity index (χ0n) is 7.87. The highest BCUT2D eigenvalue weighted by molar-refractivity contribution is 7.98. The number of ether oxygens (including phenoxy) is 1. The molecule has 7 heteroatoms. The second kappa shape index (κ2) is 6.88. The van der Waals surface area contributed by atoms with Gasteiger partial charge in [-0.1, -0.05) is 0 Å². The molecule has 0 fully saturated rings. The highest BCUT2D eigenvalue weighted by Gasteiger charge is 2.20. The van der Waals surface area contributed by atoms with Gasteiger partial charge in [0.2, 0.25) is 6.10 Å². The van der Waals surface area contributed by atoms with Crippen molar-refractivity contribution in [3.63, 3.8) is 0 Å². The maximum atomic E-state index is 10.9. The minimum Gasteiger partial charge on any atom is -0.478 e. The summed E-state index contributed by atoms with van der Waals surface area (Å²) in [6.07, 6.45) is 1.65. The van der Waals surface area contributed by atoms with Crippen LogP contribution in [-0.2, 0) is 19.1 Å². The van der Waals surface area contributed by atoms with Crippen molar-refractivity contribution >= 4 is 29.7 Å². The van der Waals surface area contributed by atoms with Crippen LogP contribution in [0.3, 0.4) is 0 Å². The molecule has 1 unspecified atom stereocenters. The Labute approximate surface area is 89.9 Å². The van der Waals surface area contributed by atoms with Crippen molar-refractivity contribution < 1.29 is 29.3 Å². The Balaban J connectivity index is 4.23. The van der Waals surface area contributed by atoms with Crippen molar-refractivity contribution in [2.24, 2.45) is 0 Å². The summed E-state index contributed by atoms with van der Waals surface area (Å²) < 4.78 is 4.49. The minimum absolute atomic E-state index is 0.113. The summed E-state index contributed by atoms with van der Waals surface area (Å²) in [6.45, 7) is 0. The summed E-state index contributed by atoms with van der Waals surface area (Å²) in [5.74, 6) is -3.44. The largest absolute Gasteiger partial charge is 0.478 e. The van der Waals surface area contributed by atoms with Crippen LogP contribution in [0.4, 0.5) is 0 Å². The van der Waals surface area contributed by atoms with Gasteiger partial charge in [0.15, 0.2) is 0 Å². The second-order valence-corrected chi connectivity index (χ2v) is 3.30. The number of rotatable bonds is 6. The molecule has 0 aliphatic heterocycles. The van der Waals surface area contributed by atoms with Crippen molar-refractivity contribution in [2.45, 2.75) is 6.10 Å². The van der Waals surface area contributed by atoms with E-state index in [1.807, 2.05) is 0 Å². The van der Waals surface area contributed by atoms with E-state index in [9.17, 15) is 14.4 Å². The number of hydrogen-bond donors (Lipinski definition) is 2. The van der Waals surface area contributed by atoms with Gasteiger partial charge in [0.1, 0.15) is 0 Å². The molecule has 1 atom stereocenters. The molecule has 84 valence electrons. The fourth-order valence-corrected chi connectivity index (χ4v) is 1.14. The average Bonchev–Trinajstić information content (AvgIpc) is 2.14. The lowest BCUT2D eigenvalue weighted by Gasteiger charge is -2.10. The third-order valence-corrected chi connectivity index (χ3v) is 1.85. The molecular formula is C8H10O6S. The van der Waals surface area contributed by atoms with Crippen LogP contribution in [0.25, 0.3) is 0 Å². The van der Waals surface area contributed by atoms with Gasteiger partial charge in [0, 0.05) is 17.9 Å². The minimum atomic E-state index is -1.30. The molecule has 0 heterocycles. The summed E-state index contributed by atoms with van der Waals surface area (Å²) >= 11 is 1.21. The van der Waals surface area contributed by atoms with Gasteiger partial charge in [-0.3, -0.25) is 0 Å². The quantitative estimate of drug-likeness (QED) is 0.492. The molecule has 6 nitrogen and oxygen atoms in total. The Morgan fingerprint density at radius 3 is 2.33 bits per heavy atom. The first-order valence-electron chi connectivity index (χ1n) is 3.80. The van der Waals surface area contributed by atoms with Crippen LogP contribution >= 0.6 is 11.8 Å². The number of aliphatic carboxylic acids is 2. The first-order valence-corrected chi connectivity index (χ1v) is 5.20. The van der Waals surface area contributed by atoms with Gasteiger partial charge in [0.25, 0.3) is 0 Å². The third kappa shape index (κ3) is 6.55. The molecule has 0 bridgehead atoms. The van der Waals surface area contributed by atoms with Crippen molar-refractivity contribution in [1.29, 1.82) is 0 Å². The normalized spacial score (nSPS) is 12.3. The summed E-state index contributed by atoms with van der Waals surface area (Å²) in [5.41, 5.74) is 0. The van der Waals surface area contributed by atoms with E-state index in [1.165, 1.54) is 11.8 Å². The third-order valence-electron chi connectivity index (χ3n) is 1.21. The number of thioether (sulfide) groups is 1. The standard InChI is InChI=1S/C8H10O6S/c1-15-4-5(8(12)13)14-7(11)3-2-6(9)10/h2-3,5H,4H2,1H3,(H,9,10)(H,12,13)/b3-2+. The topological polar surface area (TPSA) is 101 Å². The molecule has 15 heavy (non-hydrogen) atoms. The number of hydrogen-bond acceptors (Lipinski definition) is 5. The van der Waals surface area contributed by atoms with Crippen molar-refractivity contribution in [3.8, 4) is 0 Å². The maximum Gasteiger partial charge on any atom is 0.345 e. The highest BCUT2D eigenvalue weighted by atomic mass is 32.2. The summed E-state index contributed by atoms with van der Waals surface area (Å²) in [7, 11) is 0. The Bertz CT molecular complexity index is 285. The molecule has 0 saturated carbocycles. The van der Waals surface area contributed by atoms with Crippen LogP contribution in [0.1, 0.15) is 0 Å². The lowest BCUT2D eigenvalue weighted by molar-refractivity contribution is -0.158. The van der Waals surface area contributed by atoms with Crippen molar-refractivity contribution in [3.05, 3.63) is 12.2 Å². The van der Waals surface area contributed by atoms with Gasteiger partial charge in [-0.2, -0.15) is 11.8 Å².